The summed E-state index contributed by atoms with van der Waals surface area (Å²) in [6.07, 6.45) is 6.51. The van der Waals surface area contributed by atoms with Crippen LogP contribution in [0.15, 0.2) is 66.0 Å². The van der Waals surface area contributed by atoms with Crippen molar-refractivity contribution in [3.8, 4) is 0 Å². The van der Waals surface area contributed by atoms with Crippen molar-refractivity contribution in [2.75, 3.05) is 13.1 Å². The zero-order valence-electron chi connectivity index (χ0n) is 13.7. The van der Waals surface area contributed by atoms with Gasteiger partial charge in [-0.05, 0) is 42.5 Å². The van der Waals surface area contributed by atoms with Gasteiger partial charge in [-0.2, -0.15) is 4.31 Å². The van der Waals surface area contributed by atoms with E-state index in [9.17, 15) is 8.42 Å². The normalized spacial score (nSPS) is 18.6. The van der Waals surface area contributed by atoms with Gasteiger partial charge in [-0.25, -0.2) is 8.42 Å². The lowest BCUT2D eigenvalue weighted by Gasteiger charge is -2.16. The monoisotopic (exact) mass is 353 g/mol. The number of pyridine rings is 2. The molecule has 3 aromatic rings. The van der Waals surface area contributed by atoms with Crippen molar-refractivity contribution in [3.63, 3.8) is 0 Å². The first kappa shape index (κ1) is 16.2. The van der Waals surface area contributed by atoms with E-state index < -0.39 is 10.0 Å². The van der Waals surface area contributed by atoms with E-state index in [0.29, 0.717) is 19.0 Å². The molecule has 0 amide bonds. The summed E-state index contributed by atoms with van der Waals surface area (Å²) < 4.78 is 27.0. The van der Waals surface area contributed by atoms with Crippen LogP contribution in [-0.2, 0) is 16.4 Å². The molecule has 0 spiro atoms. The third-order valence-corrected chi connectivity index (χ3v) is 6.59. The Kier molecular flexibility index (Phi) is 4.23. The van der Waals surface area contributed by atoms with Gasteiger partial charge in [0.15, 0.2) is 0 Å². The fourth-order valence-corrected chi connectivity index (χ4v) is 4.97. The van der Waals surface area contributed by atoms with E-state index in [4.69, 9.17) is 0 Å². The van der Waals surface area contributed by atoms with Crippen molar-refractivity contribution in [1.29, 1.82) is 0 Å². The number of sulfonamides is 1. The Morgan fingerprint density at radius 1 is 1.08 bits per heavy atom. The molecular formula is C19H19N3O2S. The number of para-hydroxylation sites is 1. The third kappa shape index (κ3) is 3.15. The van der Waals surface area contributed by atoms with Crippen LogP contribution in [0, 0.1) is 5.92 Å². The molecule has 0 N–H and O–H groups in total. The minimum Gasteiger partial charge on any atom is -0.263 e. The zero-order valence-corrected chi connectivity index (χ0v) is 14.6. The Morgan fingerprint density at radius 2 is 1.92 bits per heavy atom. The Hall–Kier alpha value is -2.31. The summed E-state index contributed by atoms with van der Waals surface area (Å²) in [7, 11) is -3.45. The van der Waals surface area contributed by atoms with E-state index >= 15 is 0 Å². The molecular weight excluding hydrogens is 334 g/mol. The molecule has 0 bridgehead atoms. The van der Waals surface area contributed by atoms with Crippen LogP contribution < -0.4 is 0 Å². The molecule has 1 aromatic carbocycles. The summed E-state index contributed by atoms with van der Waals surface area (Å²) in [5.74, 6) is 0.305. The number of hydrogen-bond acceptors (Lipinski definition) is 4. The topological polar surface area (TPSA) is 63.2 Å². The minimum atomic E-state index is -3.45. The summed E-state index contributed by atoms with van der Waals surface area (Å²) >= 11 is 0. The number of benzene rings is 1. The highest BCUT2D eigenvalue weighted by atomic mass is 32.2. The summed E-state index contributed by atoms with van der Waals surface area (Å²) in [4.78, 5) is 8.69. The summed E-state index contributed by atoms with van der Waals surface area (Å²) in [5, 5.41) is 1.12. The molecule has 1 atom stereocenters. The molecule has 1 saturated heterocycles. The third-order valence-electron chi connectivity index (χ3n) is 4.75. The van der Waals surface area contributed by atoms with Crippen LogP contribution in [0.3, 0.4) is 0 Å². The lowest BCUT2D eigenvalue weighted by atomic mass is 9.97. The second-order valence-corrected chi connectivity index (χ2v) is 8.34. The molecule has 1 fully saturated rings. The molecule has 0 aliphatic carbocycles. The minimum absolute atomic E-state index is 0.266. The molecule has 4 rings (SSSR count). The molecule has 2 aromatic heterocycles. The number of hydrogen-bond donors (Lipinski definition) is 0. The first-order valence-electron chi connectivity index (χ1n) is 8.37. The average Bonchev–Trinajstić information content (AvgIpc) is 3.12. The second-order valence-electron chi connectivity index (χ2n) is 6.40. The van der Waals surface area contributed by atoms with Gasteiger partial charge in [0.25, 0.3) is 0 Å². The van der Waals surface area contributed by atoms with Crippen LogP contribution >= 0.6 is 0 Å². The molecule has 0 radical (unpaired) electrons. The predicted molar refractivity (Wildman–Crippen MR) is 96.5 cm³/mol. The molecule has 1 aliphatic heterocycles. The van der Waals surface area contributed by atoms with E-state index in [1.807, 2.05) is 12.1 Å². The van der Waals surface area contributed by atoms with Crippen molar-refractivity contribution in [2.24, 2.45) is 5.92 Å². The van der Waals surface area contributed by atoms with Crippen molar-refractivity contribution in [1.82, 2.24) is 14.3 Å². The fraction of sp³-hybridized carbons (Fsp3) is 0.263. The smallest absolute Gasteiger partial charge is 0.244 e. The van der Waals surface area contributed by atoms with Gasteiger partial charge in [-0.15, -0.1) is 0 Å². The van der Waals surface area contributed by atoms with Crippen molar-refractivity contribution < 1.29 is 8.42 Å². The summed E-state index contributed by atoms with van der Waals surface area (Å²) in [5.41, 5.74) is 2.20. The van der Waals surface area contributed by atoms with Gasteiger partial charge in [-0.1, -0.05) is 24.3 Å². The maximum absolute atomic E-state index is 12.7. The van der Waals surface area contributed by atoms with Crippen LogP contribution in [0.4, 0.5) is 0 Å². The second kappa shape index (κ2) is 6.54. The quantitative estimate of drug-likeness (QED) is 0.723. The fourth-order valence-electron chi connectivity index (χ4n) is 3.47. The molecule has 5 nitrogen and oxygen atoms in total. The average molecular weight is 353 g/mol. The van der Waals surface area contributed by atoms with Crippen LogP contribution in [0.1, 0.15) is 12.0 Å². The van der Waals surface area contributed by atoms with Crippen LogP contribution in [0.5, 0.6) is 0 Å². The van der Waals surface area contributed by atoms with Crippen LogP contribution in [0.2, 0.25) is 0 Å². The highest BCUT2D eigenvalue weighted by Crippen LogP contribution is 2.28. The Labute approximate surface area is 147 Å². The predicted octanol–water partition coefficient (Wildman–Crippen LogP) is 2.88. The van der Waals surface area contributed by atoms with E-state index in [0.717, 1.165) is 23.7 Å². The van der Waals surface area contributed by atoms with Gasteiger partial charge in [0.1, 0.15) is 4.90 Å². The highest BCUT2D eigenvalue weighted by molar-refractivity contribution is 7.89. The standard InChI is InChI=1S/C19H19N3O2S/c23-25(24,18-7-3-9-20-13-18)22-11-8-15(14-22)12-17-5-1-4-16-6-2-10-21-19(16)17/h1-7,9-10,13,15H,8,11-12,14H2/t15-/m0/s1. The van der Waals surface area contributed by atoms with E-state index in [2.05, 4.69) is 28.2 Å². The van der Waals surface area contributed by atoms with E-state index in [-0.39, 0.29) is 4.90 Å². The zero-order chi connectivity index (χ0) is 17.3. The molecule has 1 aliphatic rings. The van der Waals surface area contributed by atoms with Crippen molar-refractivity contribution in [3.05, 3.63) is 66.6 Å². The van der Waals surface area contributed by atoms with Crippen LogP contribution in [0.25, 0.3) is 10.9 Å². The highest BCUT2D eigenvalue weighted by Gasteiger charge is 2.32. The summed E-state index contributed by atoms with van der Waals surface area (Å²) in [6, 6.07) is 13.4. The van der Waals surface area contributed by atoms with Gasteiger partial charge in [0.05, 0.1) is 5.52 Å². The lowest BCUT2D eigenvalue weighted by molar-refractivity contribution is 0.456. The first-order valence-corrected chi connectivity index (χ1v) is 9.81. The summed E-state index contributed by atoms with van der Waals surface area (Å²) in [6.45, 7) is 1.10. The Balaban J connectivity index is 1.53. The van der Waals surface area contributed by atoms with E-state index in [1.54, 1.807) is 28.8 Å². The number of aromatic nitrogens is 2. The Morgan fingerprint density at radius 3 is 2.76 bits per heavy atom. The largest absolute Gasteiger partial charge is 0.263 e. The number of fused-ring (bicyclic) bond motifs is 1. The Bertz CT molecular complexity index is 984. The maximum Gasteiger partial charge on any atom is 0.244 e. The molecule has 0 saturated carbocycles. The molecule has 3 heterocycles. The van der Waals surface area contributed by atoms with E-state index in [1.165, 1.54) is 11.8 Å². The maximum atomic E-state index is 12.7. The molecule has 25 heavy (non-hydrogen) atoms. The van der Waals surface area contributed by atoms with Crippen LogP contribution in [-0.4, -0.2) is 35.8 Å². The van der Waals surface area contributed by atoms with Gasteiger partial charge >= 0.3 is 0 Å². The number of nitrogens with zero attached hydrogens (tertiary/aromatic N) is 3. The lowest BCUT2D eigenvalue weighted by Crippen LogP contribution is -2.29. The van der Waals surface area contributed by atoms with Crippen molar-refractivity contribution >= 4 is 20.9 Å². The SMILES string of the molecule is O=S(=O)(c1cccnc1)N1CC[C@@H](Cc2cccc3cccnc23)C1. The molecule has 128 valence electrons. The molecule has 6 heteroatoms. The van der Waals surface area contributed by atoms with Gasteiger partial charge < -0.3 is 0 Å². The van der Waals surface area contributed by atoms with Crippen molar-refractivity contribution in [2.45, 2.75) is 17.7 Å². The van der Waals surface area contributed by atoms with Gasteiger partial charge in [0, 0.05) is 37.1 Å². The van der Waals surface area contributed by atoms with Gasteiger partial charge in [-0.3, -0.25) is 9.97 Å². The first-order chi connectivity index (χ1) is 12.1. The molecule has 0 unspecified atom stereocenters. The number of rotatable bonds is 4. The van der Waals surface area contributed by atoms with Gasteiger partial charge in [0.2, 0.25) is 10.0 Å².